The van der Waals surface area contributed by atoms with E-state index in [4.69, 9.17) is 20.5 Å². The Kier molecular flexibility index (Phi) is 7.89. The van der Waals surface area contributed by atoms with E-state index >= 15 is 0 Å². The summed E-state index contributed by atoms with van der Waals surface area (Å²) in [5.41, 5.74) is 1.18. The fraction of sp³-hybridized carbons (Fsp3) is 0.107. The minimum atomic E-state index is -4.20. The van der Waals surface area contributed by atoms with Gasteiger partial charge in [-0.05, 0) is 66.9 Å². The number of urea groups is 1. The lowest BCUT2D eigenvalue weighted by molar-refractivity contribution is -0.122. The summed E-state index contributed by atoms with van der Waals surface area (Å²) >= 11 is 6.08. The number of allylic oxidation sites excluding steroid dienone is 1. The predicted octanol–water partition coefficient (Wildman–Crippen LogP) is 4.82. The molecule has 3 aromatic rings. The largest absolute Gasteiger partial charge is 0.493 e. The number of halogens is 1. The lowest BCUT2D eigenvalue weighted by Crippen LogP contribution is -2.54. The molecule has 1 fully saturated rings. The molecule has 4 amide bonds. The van der Waals surface area contributed by atoms with Crippen LogP contribution >= 0.6 is 11.6 Å². The molecule has 3 aromatic carbocycles. The van der Waals surface area contributed by atoms with E-state index in [1.807, 2.05) is 0 Å². The molecule has 0 atom stereocenters. The predicted molar refractivity (Wildman–Crippen MR) is 146 cm³/mol. The number of benzene rings is 3. The third kappa shape index (κ3) is 5.71. The summed E-state index contributed by atoms with van der Waals surface area (Å²) in [6, 6.07) is 14.4. The van der Waals surface area contributed by atoms with Crippen LogP contribution in [-0.2, 0) is 26.1 Å². The topological polar surface area (TPSA) is 119 Å². The zero-order chi connectivity index (χ0) is 28.3. The van der Waals surface area contributed by atoms with Gasteiger partial charge in [-0.3, -0.25) is 14.9 Å². The molecule has 0 spiro atoms. The number of anilines is 1. The Balaban J connectivity index is 1.79. The minimum Gasteiger partial charge on any atom is -0.493 e. The summed E-state index contributed by atoms with van der Waals surface area (Å²) in [6.45, 7) is 5.40. The first kappa shape index (κ1) is 27.6. The van der Waals surface area contributed by atoms with Crippen LogP contribution in [-0.4, -0.2) is 33.4 Å². The molecule has 1 N–H and O–H groups in total. The summed E-state index contributed by atoms with van der Waals surface area (Å²) in [4.78, 5) is 39.5. The number of carbonyl (C=O) groups excluding carboxylic acids is 3. The third-order valence-electron chi connectivity index (χ3n) is 5.79. The van der Waals surface area contributed by atoms with Crippen molar-refractivity contribution in [2.45, 2.75) is 18.2 Å². The van der Waals surface area contributed by atoms with E-state index in [9.17, 15) is 22.8 Å². The highest BCUT2D eigenvalue weighted by molar-refractivity contribution is 7.87. The Morgan fingerprint density at radius 2 is 1.77 bits per heavy atom. The lowest BCUT2D eigenvalue weighted by atomic mass is 10.0. The van der Waals surface area contributed by atoms with Crippen LogP contribution in [0.2, 0.25) is 5.02 Å². The monoisotopic (exact) mass is 566 g/mol. The van der Waals surface area contributed by atoms with Crippen LogP contribution in [0.25, 0.3) is 6.08 Å². The molecule has 200 valence electrons. The number of rotatable bonds is 8. The van der Waals surface area contributed by atoms with Crippen LogP contribution in [0, 0.1) is 6.92 Å². The first-order valence-electron chi connectivity index (χ1n) is 11.5. The molecular weight excluding hydrogens is 544 g/mol. The average Bonchev–Trinajstić information content (AvgIpc) is 2.90. The van der Waals surface area contributed by atoms with Gasteiger partial charge in [0.25, 0.3) is 11.8 Å². The molecule has 1 aliphatic rings. The van der Waals surface area contributed by atoms with Gasteiger partial charge < -0.3 is 8.92 Å². The number of amides is 4. The van der Waals surface area contributed by atoms with Crippen LogP contribution < -0.4 is 19.1 Å². The van der Waals surface area contributed by atoms with Crippen molar-refractivity contribution >= 4 is 51.3 Å². The summed E-state index contributed by atoms with van der Waals surface area (Å²) in [7, 11) is -2.87. The fourth-order valence-electron chi connectivity index (χ4n) is 3.93. The Morgan fingerprint density at radius 3 is 2.44 bits per heavy atom. The van der Waals surface area contributed by atoms with Gasteiger partial charge in [-0.25, -0.2) is 9.69 Å². The number of hydrogen-bond acceptors (Lipinski definition) is 7. The zero-order valence-corrected chi connectivity index (χ0v) is 22.5. The number of carbonyl (C=O) groups is 3. The van der Waals surface area contributed by atoms with Crippen molar-refractivity contribution in [1.29, 1.82) is 0 Å². The smallest absolute Gasteiger partial charge is 0.339 e. The van der Waals surface area contributed by atoms with Gasteiger partial charge in [0, 0.05) is 10.6 Å². The highest BCUT2D eigenvalue weighted by Crippen LogP contribution is 2.37. The first-order chi connectivity index (χ1) is 18.6. The van der Waals surface area contributed by atoms with Crippen molar-refractivity contribution in [2.24, 2.45) is 0 Å². The lowest BCUT2D eigenvalue weighted by Gasteiger charge is -2.27. The molecule has 0 saturated carbocycles. The molecule has 9 nitrogen and oxygen atoms in total. The van der Waals surface area contributed by atoms with E-state index in [2.05, 4.69) is 11.9 Å². The van der Waals surface area contributed by atoms with Crippen LogP contribution in [0.3, 0.4) is 0 Å². The summed E-state index contributed by atoms with van der Waals surface area (Å²) in [6.07, 6.45) is 3.00. The van der Waals surface area contributed by atoms with E-state index in [1.165, 1.54) is 43.5 Å². The molecule has 0 aliphatic carbocycles. The number of imide groups is 2. The molecule has 1 saturated heterocycles. The molecule has 4 rings (SSSR count). The quantitative estimate of drug-likeness (QED) is 0.180. The number of nitrogens with one attached hydrogen (secondary N) is 1. The number of hydrogen-bond donors (Lipinski definition) is 1. The summed E-state index contributed by atoms with van der Waals surface area (Å²) in [5.74, 6) is -1.76. The van der Waals surface area contributed by atoms with Crippen molar-refractivity contribution in [1.82, 2.24) is 5.32 Å². The summed E-state index contributed by atoms with van der Waals surface area (Å²) < 4.78 is 36.7. The Labute approximate surface area is 230 Å². The van der Waals surface area contributed by atoms with Crippen LogP contribution in [0.15, 0.2) is 83.8 Å². The van der Waals surface area contributed by atoms with E-state index in [0.29, 0.717) is 21.7 Å². The molecule has 39 heavy (non-hydrogen) atoms. The van der Waals surface area contributed by atoms with Gasteiger partial charge in [-0.1, -0.05) is 41.9 Å². The maximum absolute atomic E-state index is 13.4. The molecule has 1 heterocycles. The number of methoxy groups -OCH3 is 1. The zero-order valence-electron chi connectivity index (χ0n) is 20.9. The van der Waals surface area contributed by atoms with Crippen LogP contribution in [0.1, 0.15) is 16.7 Å². The van der Waals surface area contributed by atoms with Gasteiger partial charge in [0.2, 0.25) is 0 Å². The fourth-order valence-corrected chi connectivity index (χ4v) is 5.09. The van der Waals surface area contributed by atoms with Crippen molar-refractivity contribution in [3.63, 3.8) is 0 Å². The van der Waals surface area contributed by atoms with Gasteiger partial charge in [0.05, 0.1) is 12.8 Å². The van der Waals surface area contributed by atoms with Crippen LogP contribution in [0.5, 0.6) is 11.5 Å². The minimum absolute atomic E-state index is 0.0444. The number of aryl methyl sites for hydroxylation is 1. The van der Waals surface area contributed by atoms with E-state index in [0.717, 1.165) is 4.90 Å². The molecule has 11 heteroatoms. The molecule has 0 aromatic heterocycles. The highest BCUT2D eigenvalue weighted by atomic mass is 35.5. The maximum atomic E-state index is 13.4. The third-order valence-corrected chi connectivity index (χ3v) is 7.26. The van der Waals surface area contributed by atoms with Gasteiger partial charge in [-0.2, -0.15) is 8.42 Å². The SMILES string of the molecule is C=CCc1cc(/C=C2\C(=O)NC(=O)N(c3cc(Cl)ccc3C)C2=O)cc(OC)c1OS(=O)(=O)c1ccccc1. The second-order valence-corrected chi connectivity index (χ2v) is 10.4. The second-order valence-electron chi connectivity index (χ2n) is 8.44. The molecule has 0 radical (unpaired) electrons. The van der Waals surface area contributed by atoms with Crippen molar-refractivity contribution in [3.8, 4) is 11.5 Å². The Hall–Kier alpha value is -4.41. The van der Waals surface area contributed by atoms with Crippen molar-refractivity contribution in [3.05, 3.63) is 101 Å². The Bertz CT molecular complexity index is 1630. The number of barbiturate groups is 1. The molecule has 0 unspecified atom stereocenters. The van der Waals surface area contributed by atoms with Gasteiger partial charge in [-0.15, -0.1) is 6.58 Å². The maximum Gasteiger partial charge on any atom is 0.339 e. The number of nitrogens with zero attached hydrogens (tertiary/aromatic N) is 1. The van der Waals surface area contributed by atoms with Gasteiger partial charge in [0.1, 0.15) is 10.5 Å². The summed E-state index contributed by atoms with van der Waals surface area (Å²) in [5, 5.41) is 2.47. The van der Waals surface area contributed by atoms with Gasteiger partial charge in [0.15, 0.2) is 11.5 Å². The molecule has 1 aliphatic heterocycles. The number of ether oxygens (including phenoxy) is 1. The highest BCUT2D eigenvalue weighted by Gasteiger charge is 2.37. The second kappa shape index (κ2) is 11.1. The Morgan fingerprint density at radius 1 is 1.05 bits per heavy atom. The van der Waals surface area contributed by atoms with Crippen molar-refractivity contribution < 1.29 is 31.7 Å². The normalized spacial score (nSPS) is 14.8. The standard InChI is InChI=1S/C28H23ClN2O7S/c1-4-8-19-13-18(15-24(37-3)25(19)38-39(35,36)21-9-6-5-7-10-21)14-22-26(32)30-28(34)31(27(22)33)23-16-20(29)12-11-17(23)2/h4-7,9-16H,1,8H2,2-3H3,(H,30,32,34)/b22-14+. The van der Waals surface area contributed by atoms with E-state index in [1.54, 1.807) is 43.3 Å². The first-order valence-corrected chi connectivity index (χ1v) is 13.3. The molecular formula is C28H23ClN2O7S. The van der Waals surface area contributed by atoms with E-state index < -0.39 is 28.0 Å². The average molecular weight is 567 g/mol. The van der Waals surface area contributed by atoms with Gasteiger partial charge >= 0.3 is 16.1 Å². The van der Waals surface area contributed by atoms with Crippen LogP contribution in [0.4, 0.5) is 10.5 Å². The van der Waals surface area contributed by atoms with E-state index in [-0.39, 0.29) is 34.1 Å². The van der Waals surface area contributed by atoms with Crippen molar-refractivity contribution in [2.75, 3.05) is 12.0 Å². The molecule has 0 bridgehead atoms.